The molecule has 116 valence electrons. The number of hydrogen-bond acceptors (Lipinski definition) is 3. The molecule has 0 radical (unpaired) electrons. The monoisotopic (exact) mass is 294 g/mol. The Morgan fingerprint density at radius 2 is 2.24 bits per heavy atom. The molecule has 1 unspecified atom stereocenters. The molecule has 0 aliphatic heterocycles. The molecule has 0 aromatic heterocycles. The van der Waals surface area contributed by atoms with Gasteiger partial charge in [0.25, 0.3) is 5.91 Å². The number of ether oxygens (including phenoxy) is 1. The second-order valence-electron chi connectivity index (χ2n) is 5.63. The summed E-state index contributed by atoms with van der Waals surface area (Å²) >= 11 is 0. The van der Waals surface area contributed by atoms with E-state index in [-0.39, 0.29) is 24.3 Å². The van der Waals surface area contributed by atoms with Crippen LogP contribution in [0.4, 0.5) is 4.39 Å². The number of nitrogens with two attached hydrogens (primary N) is 1. The van der Waals surface area contributed by atoms with Gasteiger partial charge >= 0.3 is 0 Å². The van der Waals surface area contributed by atoms with Crippen molar-refractivity contribution in [3.63, 3.8) is 0 Å². The van der Waals surface area contributed by atoms with Gasteiger partial charge in [-0.05, 0) is 37.3 Å². The van der Waals surface area contributed by atoms with Crippen molar-refractivity contribution >= 4 is 5.91 Å². The molecule has 1 aromatic rings. The summed E-state index contributed by atoms with van der Waals surface area (Å²) in [4.78, 5) is 13.6. The highest BCUT2D eigenvalue weighted by Crippen LogP contribution is 2.27. The van der Waals surface area contributed by atoms with Gasteiger partial charge in [-0.2, -0.15) is 0 Å². The zero-order valence-corrected chi connectivity index (χ0v) is 12.6. The highest BCUT2D eigenvalue weighted by Gasteiger charge is 2.29. The predicted molar refractivity (Wildman–Crippen MR) is 79.7 cm³/mol. The molecule has 1 amide bonds. The van der Waals surface area contributed by atoms with Crippen LogP contribution in [0.25, 0.3) is 0 Å². The van der Waals surface area contributed by atoms with Gasteiger partial charge in [-0.25, -0.2) is 4.39 Å². The minimum atomic E-state index is -0.447. The SMILES string of the molecule is CCC(N)Cc1cccc(F)c1OCC(=O)N(C)C1CC1. The summed E-state index contributed by atoms with van der Waals surface area (Å²) in [7, 11) is 1.76. The molecule has 21 heavy (non-hydrogen) atoms. The second-order valence-corrected chi connectivity index (χ2v) is 5.63. The van der Waals surface area contributed by atoms with Gasteiger partial charge in [-0.1, -0.05) is 19.1 Å². The number of rotatable bonds is 7. The fraction of sp³-hybridized carbons (Fsp3) is 0.562. The van der Waals surface area contributed by atoms with Crippen LogP contribution in [0.5, 0.6) is 5.75 Å². The lowest BCUT2D eigenvalue weighted by molar-refractivity contribution is -0.132. The Balaban J connectivity index is 2.02. The van der Waals surface area contributed by atoms with Crippen molar-refractivity contribution in [3.8, 4) is 5.75 Å². The Morgan fingerprint density at radius 1 is 1.52 bits per heavy atom. The number of carbonyl (C=O) groups is 1. The van der Waals surface area contributed by atoms with E-state index in [0.717, 1.165) is 19.3 Å². The van der Waals surface area contributed by atoms with E-state index in [1.807, 2.05) is 6.92 Å². The number of nitrogens with zero attached hydrogens (tertiary/aromatic N) is 1. The summed E-state index contributed by atoms with van der Waals surface area (Å²) in [5.41, 5.74) is 6.64. The van der Waals surface area contributed by atoms with Crippen molar-refractivity contribution in [1.82, 2.24) is 4.90 Å². The molecule has 0 saturated heterocycles. The topological polar surface area (TPSA) is 55.6 Å². The van der Waals surface area contributed by atoms with E-state index in [4.69, 9.17) is 10.5 Å². The number of hydrogen-bond donors (Lipinski definition) is 1. The van der Waals surface area contributed by atoms with Gasteiger partial charge in [0.15, 0.2) is 18.2 Å². The van der Waals surface area contributed by atoms with E-state index in [2.05, 4.69) is 0 Å². The largest absolute Gasteiger partial charge is 0.480 e. The summed E-state index contributed by atoms with van der Waals surface area (Å²) < 4.78 is 19.4. The molecule has 1 fully saturated rings. The van der Waals surface area contributed by atoms with Crippen LogP contribution in [0.1, 0.15) is 31.7 Å². The lowest BCUT2D eigenvalue weighted by Gasteiger charge is -2.18. The minimum Gasteiger partial charge on any atom is -0.480 e. The Hall–Kier alpha value is -1.62. The molecule has 1 aliphatic rings. The first-order valence-electron chi connectivity index (χ1n) is 7.44. The molecule has 0 bridgehead atoms. The highest BCUT2D eigenvalue weighted by atomic mass is 19.1. The average molecular weight is 294 g/mol. The lowest BCUT2D eigenvalue weighted by atomic mass is 10.0. The summed E-state index contributed by atoms with van der Waals surface area (Å²) in [6, 6.07) is 5.06. The molecule has 5 heteroatoms. The normalized spacial score (nSPS) is 15.6. The molecule has 2 rings (SSSR count). The van der Waals surface area contributed by atoms with Gasteiger partial charge in [-0.15, -0.1) is 0 Å². The van der Waals surface area contributed by atoms with Crippen molar-refractivity contribution in [2.24, 2.45) is 5.73 Å². The van der Waals surface area contributed by atoms with Crippen molar-refractivity contribution in [2.75, 3.05) is 13.7 Å². The quantitative estimate of drug-likeness (QED) is 0.838. The molecule has 0 heterocycles. The summed E-state index contributed by atoms with van der Waals surface area (Å²) in [6.45, 7) is 1.85. The number of halogens is 1. The van der Waals surface area contributed by atoms with Crippen molar-refractivity contribution in [1.29, 1.82) is 0 Å². The van der Waals surface area contributed by atoms with E-state index in [9.17, 15) is 9.18 Å². The van der Waals surface area contributed by atoms with Crippen LogP contribution in [0, 0.1) is 5.82 Å². The maximum Gasteiger partial charge on any atom is 0.260 e. The molecule has 4 nitrogen and oxygen atoms in total. The molecule has 1 aromatic carbocycles. The number of benzene rings is 1. The van der Waals surface area contributed by atoms with E-state index in [1.165, 1.54) is 6.07 Å². The minimum absolute atomic E-state index is 0.0426. The van der Waals surface area contributed by atoms with Crippen molar-refractivity contribution in [3.05, 3.63) is 29.6 Å². The summed E-state index contributed by atoms with van der Waals surface area (Å²) in [5, 5.41) is 0. The lowest BCUT2D eigenvalue weighted by Crippen LogP contribution is -2.33. The van der Waals surface area contributed by atoms with E-state index >= 15 is 0 Å². The Morgan fingerprint density at radius 3 is 2.86 bits per heavy atom. The molecule has 1 atom stereocenters. The third kappa shape index (κ3) is 4.17. The number of amides is 1. The van der Waals surface area contributed by atoms with Gasteiger partial charge in [-0.3, -0.25) is 4.79 Å². The van der Waals surface area contributed by atoms with Gasteiger partial charge in [0.1, 0.15) is 0 Å². The van der Waals surface area contributed by atoms with Crippen LogP contribution >= 0.6 is 0 Å². The van der Waals surface area contributed by atoms with E-state index in [1.54, 1.807) is 24.1 Å². The maximum absolute atomic E-state index is 13.9. The summed E-state index contributed by atoms with van der Waals surface area (Å²) in [5.74, 6) is -0.414. The fourth-order valence-corrected chi connectivity index (χ4v) is 2.20. The molecule has 0 spiro atoms. The molecule has 2 N–H and O–H groups in total. The smallest absolute Gasteiger partial charge is 0.260 e. The highest BCUT2D eigenvalue weighted by molar-refractivity contribution is 5.78. The number of para-hydroxylation sites is 1. The van der Waals surface area contributed by atoms with Crippen LogP contribution < -0.4 is 10.5 Å². The third-order valence-electron chi connectivity index (χ3n) is 3.88. The Labute approximate surface area is 125 Å². The number of likely N-dealkylation sites (N-methyl/N-ethyl adjacent to an activating group) is 1. The molecular formula is C16H23FN2O2. The van der Waals surface area contributed by atoms with Crippen LogP contribution in [-0.2, 0) is 11.2 Å². The van der Waals surface area contributed by atoms with Crippen molar-refractivity contribution in [2.45, 2.75) is 44.7 Å². The average Bonchev–Trinajstić information content (AvgIpc) is 3.30. The first-order chi connectivity index (χ1) is 10.0. The van der Waals surface area contributed by atoms with Crippen molar-refractivity contribution < 1.29 is 13.9 Å². The van der Waals surface area contributed by atoms with Gasteiger partial charge in [0.2, 0.25) is 0 Å². The second kappa shape index (κ2) is 6.89. The molecule has 1 saturated carbocycles. The van der Waals surface area contributed by atoms with Crippen LogP contribution in [0.2, 0.25) is 0 Å². The standard InChI is InChI=1S/C16H23FN2O2/c1-3-12(18)9-11-5-4-6-14(17)16(11)21-10-15(20)19(2)13-7-8-13/h4-6,12-13H,3,7-10,18H2,1-2H3. The summed E-state index contributed by atoms with van der Waals surface area (Å²) in [6.07, 6.45) is 3.42. The first kappa shape index (κ1) is 15.8. The van der Waals surface area contributed by atoms with E-state index < -0.39 is 5.82 Å². The van der Waals surface area contributed by atoms with Crippen LogP contribution in [0.3, 0.4) is 0 Å². The number of carbonyl (C=O) groups excluding carboxylic acids is 1. The Kier molecular flexibility index (Phi) is 5.17. The zero-order chi connectivity index (χ0) is 15.4. The van der Waals surface area contributed by atoms with Crippen LogP contribution in [-0.4, -0.2) is 36.5 Å². The fourth-order valence-electron chi connectivity index (χ4n) is 2.20. The molecular weight excluding hydrogens is 271 g/mol. The predicted octanol–water partition coefficient (Wildman–Crippen LogP) is 2.11. The van der Waals surface area contributed by atoms with E-state index in [0.29, 0.717) is 18.0 Å². The van der Waals surface area contributed by atoms with Gasteiger partial charge < -0.3 is 15.4 Å². The van der Waals surface area contributed by atoms with Gasteiger partial charge in [0.05, 0.1) is 0 Å². The third-order valence-corrected chi connectivity index (χ3v) is 3.88. The molecule has 1 aliphatic carbocycles. The van der Waals surface area contributed by atoms with Gasteiger partial charge in [0, 0.05) is 19.1 Å². The van der Waals surface area contributed by atoms with Crippen LogP contribution in [0.15, 0.2) is 18.2 Å². The first-order valence-corrected chi connectivity index (χ1v) is 7.44. The zero-order valence-electron chi connectivity index (χ0n) is 12.6. The maximum atomic E-state index is 13.9. The Bertz CT molecular complexity index is 503.